The van der Waals surface area contributed by atoms with Gasteiger partial charge in [0.15, 0.2) is 5.41 Å². The number of carboxylic acid groups (broad SMARTS) is 2. The molecule has 13 heavy (non-hydrogen) atoms. The Hall–Kier alpha value is -0.452. The van der Waals surface area contributed by atoms with Crippen LogP contribution in [0.4, 0.5) is 0 Å². The van der Waals surface area contributed by atoms with Crippen molar-refractivity contribution in [2.24, 2.45) is 5.41 Å². The van der Waals surface area contributed by atoms with Crippen LogP contribution in [0, 0.1) is 5.41 Å². The fourth-order valence-corrected chi connectivity index (χ4v) is 1.05. The predicted molar refractivity (Wildman–Crippen MR) is 44.9 cm³/mol. The minimum absolute atomic E-state index is 0. The Kier molecular flexibility index (Phi) is 8.57. The molecule has 0 aromatic heterocycles. The van der Waals surface area contributed by atoms with Gasteiger partial charge in [0.1, 0.15) is 0 Å². The van der Waals surface area contributed by atoms with E-state index in [1.807, 2.05) is 0 Å². The molecule has 0 bridgehead atoms. The predicted octanol–water partition coefficient (Wildman–Crippen LogP) is 1.22. The average Bonchev–Trinajstić information content (AvgIpc) is 1.57. The van der Waals surface area contributed by atoms with Crippen molar-refractivity contribution in [1.82, 2.24) is 0 Å². The molecule has 1 rings (SSSR count). The first kappa shape index (κ1) is 18.4. The molecule has 0 saturated heterocycles. The molecule has 0 atom stereocenters. The SMILES string of the molecule is O=C(O)C1(C(=O)O)CCC1.[NH2-].[NH2-].[PtH2]. The van der Waals surface area contributed by atoms with Crippen LogP contribution in [0.15, 0.2) is 0 Å². The molecule has 1 fully saturated rings. The first-order valence-corrected chi connectivity index (χ1v) is 3.06. The maximum atomic E-state index is 10.4. The van der Waals surface area contributed by atoms with E-state index in [9.17, 15) is 9.59 Å². The molecular weight excluding hydrogens is 359 g/mol. The van der Waals surface area contributed by atoms with Crippen LogP contribution in [0.1, 0.15) is 19.3 Å². The summed E-state index contributed by atoms with van der Waals surface area (Å²) in [4.78, 5) is 20.7. The van der Waals surface area contributed by atoms with Crippen molar-refractivity contribution < 1.29 is 40.9 Å². The molecule has 0 aromatic rings. The van der Waals surface area contributed by atoms with Gasteiger partial charge in [-0.2, -0.15) is 0 Å². The Morgan fingerprint density at radius 3 is 1.31 bits per heavy atom. The fraction of sp³-hybridized carbons (Fsp3) is 0.667. The Labute approximate surface area is 90.1 Å². The number of hydrogen-bond donors (Lipinski definition) is 2. The third kappa shape index (κ3) is 2.76. The summed E-state index contributed by atoms with van der Waals surface area (Å²) >= 11 is 0. The molecule has 0 aromatic carbocycles. The van der Waals surface area contributed by atoms with Crippen LogP contribution in [0.3, 0.4) is 0 Å². The van der Waals surface area contributed by atoms with Crippen molar-refractivity contribution in [3.05, 3.63) is 12.3 Å². The second-order valence-electron chi connectivity index (χ2n) is 2.55. The Morgan fingerprint density at radius 2 is 1.31 bits per heavy atom. The normalized spacial score (nSPS) is 16.3. The zero-order chi connectivity index (χ0) is 7.78. The van der Waals surface area contributed by atoms with E-state index in [0.717, 1.165) is 0 Å². The van der Waals surface area contributed by atoms with Gasteiger partial charge in [-0.15, -0.1) is 0 Å². The molecule has 0 heterocycles. The number of aliphatic carboxylic acids is 2. The number of rotatable bonds is 2. The van der Waals surface area contributed by atoms with E-state index in [0.29, 0.717) is 6.42 Å². The Balaban J connectivity index is -0.000000333. The molecule has 0 spiro atoms. The molecule has 6 nitrogen and oxygen atoms in total. The van der Waals surface area contributed by atoms with E-state index in [2.05, 4.69) is 0 Å². The van der Waals surface area contributed by atoms with E-state index in [4.69, 9.17) is 10.2 Å². The topological polar surface area (TPSA) is 142 Å². The Morgan fingerprint density at radius 1 is 1.00 bits per heavy atom. The van der Waals surface area contributed by atoms with Crippen molar-refractivity contribution in [2.75, 3.05) is 0 Å². The van der Waals surface area contributed by atoms with Gasteiger partial charge in [-0.25, -0.2) is 0 Å². The maximum absolute atomic E-state index is 10.4. The van der Waals surface area contributed by atoms with E-state index < -0.39 is 17.4 Å². The molecule has 7 heteroatoms. The van der Waals surface area contributed by atoms with Gasteiger partial charge >= 0.3 is 33.0 Å². The minimum atomic E-state index is -1.44. The molecule has 0 amide bonds. The quantitative estimate of drug-likeness (QED) is 0.702. The van der Waals surface area contributed by atoms with Crippen LogP contribution < -0.4 is 0 Å². The van der Waals surface area contributed by atoms with Gasteiger partial charge in [0, 0.05) is 0 Å². The van der Waals surface area contributed by atoms with E-state index in [1.165, 1.54) is 0 Å². The monoisotopic (exact) mass is 373 g/mol. The van der Waals surface area contributed by atoms with Crippen molar-refractivity contribution in [1.29, 1.82) is 0 Å². The first-order valence-electron chi connectivity index (χ1n) is 3.06. The third-order valence-corrected chi connectivity index (χ3v) is 2.03. The number of hydrogen-bond acceptors (Lipinski definition) is 2. The van der Waals surface area contributed by atoms with Gasteiger partial charge in [0.2, 0.25) is 0 Å². The third-order valence-electron chi connectivity index (χ3n) is 2.03. The Bertz CT molecular complexity index is 177. The molecule has 1 aliphatic rings. The van der Waals surface area contributed by atoms with Gasteiger partial charge in [-0.3, -0.25) is 9.59 Å². The number of nitrogens with two attached hydrogens (primary N) is 2. The molecule has 1 aliphatic carbocycles. The summed E-state index contributed by atoms with van der Waals surface area (Å²) in [6.45, 7) is 0. The second kappa shape index (κ2) is 6.07. The van der Waals surface area contributed by atoms with Crippen LogP contribution in [0.5, 0.6) is 0 Å². The van der Waals surface area contributed by atoms with E-state index in [1.54, 1.807) is 0 Å². The molecule has 84 valence electrons. The van der Waals surface area contributed by atoms with Gasteiger partial charge in [-0.05, 0) is 19.3 Å². The summed E-state index contributed by atoms with van der Waals surface area (Å²) in [5.41, 5.74) is -1.44. The van der Waals surface area contributed by atoms with Crippen molar-refractivity contribution >= 4 is 11.9 Å². The van der Waals surface area contributed by atoms with Gasteiger partial charge in [0.05, 0.1) is 0 Å². The standard InChI is InChI=1S/C6H8O4.2H2N.Pt.2H/c7-4(8)6(5(9)10)2-1-3-6;;;;;/h1-3H2,(H,7,8)(H,9,10);2*1H2;;;/q;2*-1;;;. The van der Waals surface area contributed by atoms with Crippen molar-refractivity contribution in [3.63, 3.8) is 0 Å². The first-order chi connectivity index (χ1) is 4.59. The zero-order valence-electron chi connectivity index (χ0n) is 6.84. The zero-order valence-corrected chi connectivity index (χ0v) is 9.38. The molecule has 0 radical (unpaired) electrons. The summed E-state index contributed by atoms with van der Waals surface area (Å²) in [7, 11) is 0. The molecule has 0 aliphatic heterocycles. The van der Waals surface area contributed by atoms with E-state index >= 15 is 0 Å². The van der Waals surface area contributed by atoms with Crippen molar-refractivity contribution in [2.45, 2.75) is 19.3 Å². The number of carbonyl (C=O) groups is 2. The van der Waals surface area contributed by atoms with Crippen LogP contribution in [-0.2, 0) is 30.7 Å². The summed E-state index contributed by atoms with van der Waals surface area (Å²) in [5, 5.41) is 16.9. The average molecular weight is 373 g/mol. The second-order valence-corrected chi connectivity index (χ2v) is 2.55. The summed E-state index contributed by atoms with van der Waals surface area (Å²) < 4.78 is 0. The van der Waals surface area contributed by atoms with Gasteiger partial charge < -0.3 is 22.5 Å². The number of carboxylic acids is 2. The van der Waals surface area contributed by atoms with Crippen LogP contribution in [-0.4, -0.2) is 22.2 Å². The van der Waals surface area contributed by atoms with Crippen LogP contribution >= 0.6 is 0 Å². The molecule has 0 unspecified atom stereocenters. The molecule has 1 saturated carbocycles. The molecule has 6 N–H and O–H groups in total. The summed E-state index contributed by atoms with van der Waals surface area (Å²) in [6, 6.07) is 0. The van der Waals surface area contributed by atoms with Gasteiger partial charge in [0.25, 0.3) is 0 Å². The van der Waals surface area contributed by atoms with Crippen LogP contribution in [0.25, 0.3) is 12.3 Å². The van der Waals surface area contributed by atoms with Crippen LogP contribution in [0.2, 0.25) is 0 Å². The summed E-state index contributed by atoms with van der Waals surface area (Å²) in [5.74, 6) is -2.41. The fourth-order valence-electron chi connectivity index (χ4n) is 1.05. The van der Waals surface area contributed by atoms with Crippen molar-refractivity contribution in [3.8, 4) is 0 Å². The molecular formula is C6H14N2O4Pt-2. The van der Waals surface area contributed by atoms with Gasteiger partial charge in [-0.1, -0.05) is 0 Å². The summed E-state index contributed by atoms with van der Waals surface area (Å²) in [6.07, 6.45) is 1.26. The van der Waals surface area contributed by atoms with E-state index in [-0.39, 0.29) is 46.2 Å².